The van der Waals surface area contributed by atoms with Gasteiger partial charge < -0.3 is 18.2 Å². The molecular formula is BeK2O8S2. The van der Waals surface area contributed by atoms with Gasteiger partial charge in [0.1, 0.15) is 0 Å². The van der Waals surface area contributed by atoms with Gasteiger partial charge in [0.15, 0.2) is 0 Å². The Bertz CT molecular complexity index is 217. The summed E-state index contributed by atoms with van der Waals surface area (Å²) in [6.07, 6.45) is 0. The molecule has 0 rings (SSSR count). The molecule has 0 fully saturated rings. The van der Waals surface area contributed by atoms with E-state index in [1.807, 2.05) is 0 Å². The van der Waals surface area contributed by atoms with Gasteiger partial charge in [-0.2, -0.15) is 0 Å². The van der Waals surface area contributed by atoms with Crippen molar-refractivity contribution in [3.05, 3.63) is 0 Å². The molecule has 0 aromatic rings. The van der Waals surface area contributed by atoms with Crippen LogP contribution < -0.4 is 103 Å². The standard InChI is InChI=1S/Be.2K.2H2O4S/c;;;2*1-5(2,3)4/h;;;2*(H2,1,2,3,4)/q+2;2*+1;;/p-4. The molecule has 0 amide bonds. The molecule has 0 radical (unpaired) electrons. The maximum absolute atomic E-state index is 8.52. The Kier molecular flexibility index (Phi) is 30.4. The molecule has 0 heterocycles. The smallest absolute Gasteiger partial charge is 0.759 e. The van der Waals surface area contributed by atoms with Crippen LogP contribution in [0, 0.1) is 0 Å². The van der Waals surface area contributed by atoms with E-state index in [1.165, 1.54) is 0 Å². The van der Waals surface area contributed by atoms with Crippen molar-refractivity contribution in [2.24, 2.45) is 0 Å². The Labute approximate surface area is 164 Å². The molecule has 0 aliphatic carbocycles. The summed E-state index contributed by atoms with van der Waals surface area (Å²) in [6.45, 7) is 0. The molecule has 0 aliphatic heterocycles. The summed E-state index contributed by atoms with van der Waals surface area (Å²) in [5, 5.41) is 0. The van der Waals surface area contributed by atoms with Crippen LogP contribution in [0.3, 0.4) is 0 Å². The summed E-state index contributed by atoms with van der Waals surface area (Å²) in [5.41, 5.74) is 0. The molecule has 64 valence electrons. The maximum Gasteiger partial charge on any atom is 2.00 e. The van der Waals surface area contributed by atoms with Crippen LogP contribution in [0.2, 0.25) is 0 Å². The molecule has 0 bridgehead atoms. The van der Waals surface area contributed by atoms with Crippen LogP contribution in [0.5, 0.6) is 0 Å². The first-order chi connectivity index (χ1) is 4.00. The minimum Gasteiger partial charge on any atom is -0.759 e. The largest absolute Gasteiger partial charge is 2.00 e. The second kappa shape index (κ2) is 13.2. The van der Waals surface area contributed by atoms with Crippen molar-refractivity contribution in [3.8, 4) is 0 Å². The van der Waals surface area contributed by atoms with Crippen molar-refractivity contribution in [3.63, 3.8) is 0 Å². The Balaban J connectivity index is -0.0000000267. The second-order valence-corrected chi connectivity index (χ2v) is 2.45. The van der Waals surface area contributed by atoms with Gasteiger partial charge in [-0.25, -0.2) is 0 Å². The summed E-state index contributed by atoms with van der Waals surface area (Å²) in [5.74, 6) is 0. The Morgan fingerprint density at radius 3 is 0.615 bits per heavy atom. The fraction of sp³-hybridized carbons (Fsp3) is 0. The van der Waals surface area contributed by atoms with Crippen molar-refractivity contribution in [1.82, 2.24) is 0 Å². The zero-order valence-corrected chi connectivity index (χ0v) is 14.7. The molecule has 0 spiro atoms. The van der Waals surface area contributed by atoms with Gasteiger partial charge in [-0.05, 0) is 0 Å². The van der Waals surface area contributed by atoms with Gasteiger partial charge >= 0.3 is 113 Å². The Morgan fingerprint density at radius 2 is 0.615 bits per heavy atom. The topological polar surface area (TPSA) is 161 Å². The van der Waals surface area contributed by atoms with Crippen molar-refractivity contribution >= 4 is 30.9 Å². The summed E-state index contributed by atoms with van der Waals surface area (Å²) in [4.78, 5) is 0. The van der Waals surface area contributed by atoms with Crippen LogP contribution in [0.15, 0.2) is 0 Å². The van der Waals surface area contributed by atoms with Crippen LogP contribution in [0.25, 0.3) is 0 Å². The van der Waals surface area contributed by atoms with Crippen LogP contribution in [-0.2, 0) is 20.8 Å². The first kappa shape index (κ1) is 29.8. The minimum absolute atomic E-state index is 0. The molecule has 0 saturated carbocycles. The quantitative estimate of drug-likeness (QED) is 0.240. The van der Waals surface area contributed by atoms with Crippen LogP contribution in [0.1, 0.15) is 0 Å². The minimum atomic E-state index is -5.17. The van der Waals surface area contributed by atoms with Gasteiger partial charge in [-0.3, -0.25) is 16.8 Å². The van der Waals surface area contributed by atoms with Crippen molar-refractivity contribution in [1.29, 1.82) is 0 Å². The second-order valence-electron chi connectivity index (χ2n) is 0.816. The average molecular weight is 279 g/mol. The Morgan fingerprint density at radius 1 is 0.615 bits per heavy atom. The summed E-state index contributed by atoms with van der Waals surface area (Å²) < 4.78 is 68.2. The van der Waals surface area contributed by atoms with E-state index in [1.54, 1.807) is 0 Å². The van der Waals surface area contributed by atoms with Crippen LogP contribution >= 0.6 is 0 Å². The summed E-state index contributed by atoms with van der Waals surface area (Å²) >= 11 is 0. The first-order valence-corrected chi connectivity index (χ1v) is 4.00. The van der Waals surface area contributed by atoms with Gasteiger partial charge in [0.2, 0.25) is 0 Å². The van der Waals surface area contributed by atoms with E-state index in [4.69, 9.17) is 35.0 Å². The fourth-order valence-corrected chi connectivity index (χ4v) is 0. The summed E-state index contributed by atoms with van der Waals surface area (Å²) in [6, 6.07) is 0. The maximum atomic E-state index is 8.52. The fourth-order valence-electron chi connectivity index (χ4n) is 0. The predicted molar refractivity (Wildman–Crippen MR) is 26.7 cm³/mol. The molecule has 0 unspecified atom stereocenters. The van der Waals surface area contributed by atoms with Gasteiger partial charge in [-0.1, -0.05) is 0 Å². The average Bonchev–Trinajstić information content (AvgIpc) is 1.12. The normalized spacial score (nSPS) is 8.92. The number of rotatable bonds is 0. The molecule has 13 heteroatoms. The third-order valence-corrected chi connectivity index (χ3v) is 0. The van der Waals surface area contributed by atoms with E-state index >= 15 is 0 Å². The third kappa shape index (κ3) is 261. The molecular weight excluding hydrogens is 279 g/mol. The summed E-state index contributed by atoms with van der Waals surface area (Å²) in [7, 11) is -10.3. The first-order valence-electron chi connectivity index (χ1n) is 1.33. The molecule has 0 aromatic carbocycles. The van der Waals surface area contributed by atoms with Gasteiger partial charge in [0.05, 0.1) is 0 Å². The third-order valence-electron chi connectivity index (χ3n) is 0. The van der Waals surface area contributed by atoms with Crippen molar-refractivity contribution < 1.29 is 138 Å². The van der Waals surface area contributed by atoms with Crippen molar-refractivity contribution in [2.45, 2.75) is 0 Å². The van der Waals surface area contributed by atoms with E-state index in [2.05, 4.69) is 0 Å². The molecule has 0 atom stereocenters. The molecule has 0 N–H and O–H groups in total. The van der Waals surface area contributed by atoms with E-state index < -0.39 is 20.8 Å². The van der Waals surface area contributed by atoms with E-state index in [0.29, 0.717) is 0 Å². The van der Waals surface area contributed by atoms with E-state index in [9.17, 15) is 0 Å². The van der Waals surface area contributed by atoms with Crippen LogP contribution in [0.4, 0.5) is 0 Å². The predicted octanol–water partition coefficient (Wildman–Crippen LogP) is -9.05. The number of hydrogen-bond acceptors (Lipinski definition) is 8. The van der Waals surface area contributed by atoms with Gasteiger partial charge in [0, 0.05) is 20.8 Å². The van der Waals surface area contributed by atoms with Gasteiger partial charge in [0.25, 0.3) is 0 Å². The molecule has 0 aromatic heterocycles. The van der Waals surface area contributed by atoms with E-state index in [-0.39, 0.29) is 113 Å². The van der Waals surface area contributed by atoms with Crippen molar-refractivity contribution in [2.75, 3.05) is 0 Å². The molecule has 0 aliphatic rings. The Hall–Kier alpha value is 3.18. The zero-order chi connectivity index (χ0) is 9.00. The molecule has 8 nitrogen and oxygen atoms in total. The molecule has 0 saturated heterocycles. The SMILES string of the molecule is O=S(=O)([O-])[O-].O=S(=O)([O-])[O-].[Be+2].[K+].[K+]. The van der Waals surface area contributed by atoms with Crippen LogP contribution in [-0.4, -0.2) is 45.2 Å². The van der Waals surface area contributed by atoms with E-state index in [0.717, 1.165) is 0 Å². The molecule has 13 heavy (non-hydrogen) atoms. The number of hydrogen-bond donors (Lipinski definition) is 0. The van der Waals surface area contributed by atoms with Gasteiger partial charge in [-0.15, -0.1) is 0 Å². The zero-order valence-electron chi connectivity index (χ0n) is 6.79. The monoisotopic (exact) mass is 279 g/mol.